The second-order valence-corrected chi connectivity index (χ2v) is 2.60. The van der Waals surface area contributed by atoms with Gasteiger partial charge in [-0.1, -0.05) is 0 Å². The number of furan rings is 1. The average Bonchev–Trinajstić information content (AvgIpc) is 2.52. The van der Waals surface area contributed by atoms with Gasteiger partial charge in [0, 0.05) is 12.6 Å². The van der Waals surface area contributed by atoms with E-state index in [0.29, 0.717) is 12.6 Å². The van der Waals surface area contributed by atoms with Crippen molar-refractivity contribution in [3.05, 3.63) is 24.2 Å². The Labute approximate surface area is 66.6 Å². The minimum atomic E-state index is 0.347. The van der Waals surface area contributed by atoms with Gasteiger partial charge in [0.2, 0.25) is 0 Å². The van der Waals surface area contributed by atoms with Gasteiger partial charge in [-0.25, -0.2) is 0 Å². The fourth-order valence-corrected chi connectivity index (χ4v) is 0.771. The van der Waals surface area contributed by atoms with Crippen LogP contribution in [0, 0.1) is 0 Å². The van der Waals surface area contributed by atoms with Crippen LogP contribution in [0.25, 0.3) is 0 Å². The zero-order chi connectivity index (χ0) is 8.10. The van der Waals surface area contributed by atoms with E-state index in [4.69, 9.17) is 10.2 Å². The second-order valence-electron chi connectivity index (χ2n) is 2.60. The van der Waals surface area contributed by atoms with Crippen LogP contribution in [0.15, 0.2) is 22.8 Å². The summed E-state index contributed by atoms with van der Waals surface area (Å²) >= 11 is 0. The van der Waals surface area contributed by atoms with Gasteiger partial charge in [-0.3, -0.25) is 0 Å². The first-order valence-electron chi connectivity index (χ1n) is 3.78. The zero-order valence-corrected chi connectivity index (χ0v) is 6.71. The summed E-state index contributed by atoms with van der Waals surface area (Å²) in [5, 5.41) is 3.22. The van der Waals surface area contributed by atoms with Crippen LogP contribution in [0.5, 0.6) is 0 Å². The fourth-order valence-electron chi connectivity index (χ4n) is 0.771. The Hall–Kier alpha value is -0.800. The minimum Gasteiger partial charge on any atom is -0.468 e. The van der Waals surface area contributed by atoms with Gasteiger partial charge in [-0.05, 0) is 19.1 Å². The van der Waals surface area contributed by atoms with Crippen molar-refractivity contribution in [3.8, 4) is 0 Å². The first-order chi connectivity index (χ1) is 5.33. The Morgan fingerprint density at radius 3 is 3.09 bits per heavy atom. The molecule has 0 amide bonds. The van der Waals surface area contributed by atoms with Crippen LogP contribution in [0.1, 0.15) is 12.7 Å². The molecular weight excluding hydrogens is 140 g/mol. The van der Waals surface area contributed by atoms with Crippen molar-refractivity contribution < 1.29 is 4.42 Å². The summed E-state index contributed by atoms with van der Waals surface area (Å²) in [4.78, 5) is 0. The first kappa shape index (κ1) is 8.30. The first-order valence-corrected chi connectivity index (χ1v) is 3.78. The zero-order valence-electron chi connectivity index (χ0n) is 6.71. The maximum absolute atomic E-state index is 5.42. The van der Waals surface area contributed by atoms with E-state index in [1.54, 1.807) is 6.26 Å². The van der Waals surface area contributed by atoms with Gasteiger partial charge >= 0.3 is 0 Å². The lowest BCUT2D eigenvalue weighted by Gasteiger charge is -2.08. The van der Waals surface area contributed by atoms with Crippen molar-refractivity contribution in [1.82, 2.24) is 5.32 Å². The van der Waals surface area contributed by atoms with E-state index < -0.39 is 0 Å². The third-order valence-corrected chi connectivity index (χ3v) is 1.56. The highest BCUT2D eigenvalue weighted by Gasteiger charge is 1.98. The van der Waals surface area contributed by atoms with Crippen LogP contribution in [0.4, 0.5) is 0 Å². The van der Waals surface area contributed by atoms with E-state index in [1.165, 1.54) is 0 Å². The van der Waals surface area contributed by atoms with Crippen LogP contribution >= 0.6 is 0 Å². The Balaban J connectivity index is 2.23. The van der Waals surface area contributed by atoms with Gasteiger partial charge in [-0.2, -0.15) is 0 Å². The van der Waals surface area contributed by atoms with Crippen molar-refractivity contribution in [2.75, 3.05) is 6.54 Å². The Morgan fingerprint density at radius 1 is 1.73 bits per heavy atom. The molecule has 0 saturated heterocycles. The van der Waals surface area contributed by atoms with E-state index in [0.717, 1.165) is 12.3 Å². The lowest BCUT2D eigenvalue weighted by molar-refractivity contribution is 0.457. The topological polar surface area (TPSA) is 51.2 Å². The van der Waals surface area contributed by atoms with E-state index in [2.05, 4.69) is 5.32 Å². The Morgan fingerprint density at radius 2 is 2.55 bits per heavy atom. The van der Waals surface area contributed by atoms with Crippen LogP contribution in [-0.2, 0) is 6.54 Å². The highest BCUT2D eigenvalue weighted by atomic mass is 16.3. The van der Waals surface area contributed by atoms with E-state index in [1.807, 2.05) is 19.1 Å². The summed E-state index contributed by atoms with van der Waals surface area (Å²) < 4.78 is 5.13. The predicted octanol–water partition coefficient (Wildman–Crippen LogP) is 0.716. The molecule has 3 nitrogen and oxygen atoms in total. The molecule has 0 saturated carbocycles. The fraction of sp³-hybridized carbons (Fsp3) is 0.500. The number of nitrogens with one attached hydrogen (secondary N) is 1. The molecule has 0 aromatic carbocycles. The molecule has 1 rings (SSSR count). The SMILES string of the molecule is C[C@@H](CN)NCc1ccco1. The second kappa shape index (κ2) is 4.16. The van der Waals surface area contributed by atoms with Gasteiger partial charge in [0.05, 0.1) is 12.8 Å². The molecular formula is C8H14N2O. The lowest BCUT2D eigenvalue weighted by Crippen LogP contribution is -2.32. The molecule has 0 radical (unpaired) electrons. The summed E-state index contributed by atoms with van der Waals surface area (Å²) in [6, 6.07) is 4.17. The summed E-state index contributed by atoms with van der Waals surface area (Å²) in [5.41, 5.74) is 5.42. The number of rotatable bonds is 4. The standard InChI is InChI=1S/C8H14N2O/c1-7(5-9)10-6-8-3-2-4-11-8/h2-4,7,10H,5-6,9H2,1H3/t7-/m0/s1. The van der Waals surface area contributed by atoms with E-state index in [-0.39, 0.29) is 0 Å². The number of nitrogens with two attached hydrogens (primary N) is 1. The van der Waals surface area contributed by atoms with Crippen molar-refractivity contribution in [1.29, 1.82) is 0 Å². The van der Waals surface area contributed by atoms with Crippen LogP contribution in [-0.4, -0.2) is 12.6 Å². The van der Waals surface area contributed by atoms with Crippen molar-refractivity contribution in [2.45, 2.75) is 19.5 Å². The Kier molecular flexibility index (Phi) is 3.14. The van der Waals surface area contributed by atoms with Gasteiger partial charge in [-0.15, -0.1) is 0 Å². The van der Waals surface area contributed by atoms with Gasteiger partial charge in [0.25, 0.3) is 0 Å². The molecule has 1 aromatic heterocycles. The molecule has 62 valence electrons. The third-order valence-electron chi connectivity index (χ3n) is 1.56. The summed E-state index contributed by atoms with van der Waals surface area (Å²) in [6.07, 6.45) is 1.67. The molecule has 3 heteroatoms. The molecule has 0 aliphatic carbocycles. The lowest BCUT2D eigenvalue weighted by atomic mass is 10.3. The minimum absolute atomic E-state index is 0.347. The van der Waals surface area contributed by atoms with Crippen molar-refractivity contribution >= 4 is 0 Å². The average molecular weight is 154 g/mol. The molecule has 11 heavy (non-hydrogen) atoms. The van der Waals surface area contributed by atoms with Crippen LogP contribution in [0.3, 0.4) is 0 Å². The number of hydrogen-bond acceptors (Lipinski definition) is 3. The predicted molar refractivity (Wildman–Crippen MR) is 44.1 cm³/mol. The van der Waals surface area contributed by atoms with Gasteiger partial charge in [0.15, 0.2) is 0 Å². The molecule has 1 atom stereocenters. The highest BCUT2D eigenvalue weighted by Crippen LogP contribution is 1.98. The normalized spacial score (nSPS) is 13.3. The Bertz CT molecular complexity index is 184. The van der Waals surface area contributed by atoms with E-state index >= 15 is 0 Å². The van der Waals surface area contributed by atoms with Crippen molar-refractivity contribution in [2.24, 2.45) is 5.73 Å². The molecule has 0 spiro atoms. The van der Waals surface area contributed by atoms with Crippen LogP contribution in [0.2, 0.25) is 0 Å². The molecule has 0 aliphatic heterocycles. The maximum Gasteiger partial charge on any atom is 0.117 e. The summed E-state index contributed by atoms with van der Waals surface area (Å²) in [6.45, 7) is 3.45. The largest absolute Gasteiger partial charge is 0.468 e. The molecule has 1 heterocycles. The number of hydrogen-bond donors (Lipinski definition) is 2. The van der Waals surface area contributed by atoms with E-state index in [9.17, 15) is 0 Å². The summed E-state index contributed by atoms with van der Waals surface area (Å²) in [7, 11) is 0. The van der Waals surface area contributed by atoms with Gasteiger partial charge < -0.3 is 15.5 Å². The summed E-state index contributed by atoms with van der Waals surface area (Å²) in [5.74, 6) is 0.949. The highest BCUT2D eigenvalue weighted by molar-refractivity contribution is 4.97. The molecule has 0 bridgehead atoms. The molecule has 0 aliphatic rings. The smallest absolute Gasteiger partial charge is 0.117 e. The third kappa shape index (κ3) is 2.74. The molecule has 0 fully saturated rings. The van der Waals surface area contributed by atoms with Crippen LogP contribution < -0.4 is 11.1 Å². The maximum atomic E-state index is 5.42. The monoisotopic (exact) mass is 154 g/mol. The molecule has 1 aromatic rings. The quantitative estimate of drug-likeness (QED) is 0.671. The van der Waals surface area contributed by atoms with Crippen molar-refractivity contribution in [3.63, 3.8) is 0 Å². The molecule has 3 N–H and O–H groups in total. The molecule has 0 unspecified atom stereocenters. The van der Waals surface area contributed by atoms with Gasteiger partial charge in [0.1, 0.15) is 5.76 Å².